The lowest BCUT2D eigenvalue weighted by Crippen LogP contribution is -2.24. The fraction of sp³-hybridized carbons (Fsp3) is 0.333. The summed E-state index contributed by atoms with van der Waals surface area (Å²) in [5.41, 5.74) is 5.53. The number of hydrogen-bond donors (Lipinski definition) is 1. The second kappa shape index (κ2) is 6.89. The quantitative estimate of drug-likeness (QED) is 0.706. The molecule has 4 heteroatoms. The third-order valence-electron chi connectivity index (χ3n) is 4.89. The van der Waals surface area contributed by atoms with E-state index < -0.39 is 0 Å². The molecule has 4 rings (SSSR count). The van der Waals surface area contributed by atoms with Crippen molar-refractivity contribution in [2.45, 2.75) is 32.9 Å². The van der Waals surface area contributed by atoms with Gasteiger partial charge in [0, 0.05) is 42.7 Å². The Morgan fingerprint density at radius 3 is 2.84 bits per heavy atom. The molecule has 1 aliphatic rings. The molecule has 0 unspecified atom stereocenters. The molecule has 0 saturated heterocycles. The van der Waals surface area contributed by atoms with Crippen molar-refractivity contribution in [3.05, 3.63) is 65.1 Å². The number of fused-ring (bicyclic) bond motifs is 3. The van der Waals surface area contributed by atoms with Crippen LogP contribution in [0.2, 0.25) is 0 Å². The Morgan fingerprint density at radius 2 is 2.00 bits per heavy atom. The van der Waals surface area contributed by atoms with E-state index >= 15 is 0 Å². The maximum atomic E-state index is 12.9. The van der Waals surface area contributed by atoms with Crippen molar-refractivity contribution < 1.29 is 9.13 Å². The number of halogens is 1. The van der Waals surface area contributed by atoms with E-state index in [0.717, 1.165) is 38.2 Å². The molecule has 0 aliphatic carbocycles. The molecule has 3 nitrogen and oxygen atoms in total. The van der Waals surface area contributed by atoms with E-state index in [1.165, 1.54) is 39.9 Å². The van der Waals surface area contributed by atoms with E-state index in [1.54, 1.807) is 12.1 Å². The second-order valence-electron chi connectivity index (χ2n) is 6.68. The number of benzene rings is 2. The molecule has 0 spiro atoms. The van der Waals surface area contributed by atoms with Crippen LogP contribution in [-0.4, -0.2) is 17.7 Å². The van der Waals surface area contributed by atoms with Crippen molar-refractivity contribution in [2.24, 2.45) is 0 Å². The van der Waals surface area contributed by atoms with Gasteiger partial charge in [-0.05, 0) is 55.3 Å². The Kier molecular flexibility index (Phi) is 4.45. The molecule has 130 valence electrons. The molecule has 1 aliphatic heterocycles. The maximum absolute atomic E-state index is 12.9. The molecule has 0 amide bonds. The summed E-state index contributed by atoms with van der Waals surface area (Å²) in [7, 11) is 0. The van der Waals surface area contributed by atoms with Gasteiger partial charge in [0.2, 0.25) is 0 Å². The zero-order chi connectivity index (χ0) is 17.2. The second-order valence-corrected chi connectivity index (χ2v) is 6.68. The Labute approximate surface area is 147 Å². The first-order valence-corrected chi connectivity index (χ1v) is 8.92. The van der Waals surface area contributed by atoms with Crippen molar-refractivity contribution in [1.82, 2.24) is 9.88 Å². The van der Waals surface area contributed by atoms with Crippen LogP contribution in [0.5, 0.6) is 5.75 Å². The highest BCUT2D eigenvalue weighted by Crippen LogP contribution is 2.29. The molecule has 2 heterocycles. The normalized spacial score (nSPS) is 13.8. The average Bonchev–Trinajstić information content (AvgIpc) is 2.94. The highest BCUT2D eigenvalue weighted by molar-refractivity contribution is 5.86. The first-order chi connectivity index (χ1) is 12.2. The van der Waals surface area contributed by atoms with Crippen LogP contribution in [0.25, 0.3) is 10.9 Å². The topological polar surface area (TPSA) is 26.2 Å². The SMILES string of the molecule is Cc1ccc2c(c1)c1c(n2CCCOc2ccc(F)cc2)CCNC1. The molecule has 3 aromatic rings. The van der Waals surface area contributed by atoms with Crippen LogP contribution in [0.1, 0.15) is 23.2 Å². The monoisotopic (exact) mass is 338 g/mol. The van der Waals surface area contributed by atoms with E-state index in [9.17, 15) is 4.39 Å². The summed E-state index contributed by atoms with van der Waals surface area (Å²) >= 11 is 0. The lowest BCUT2D eigenvalue weighted by atomic mass is 10.0. The van der Waals surface area contributed by atoms with E-state index in [0.29, 0.717) is 6.61 Å². The lowest BCUT2D eigenvalue weighted by molar-refractivity contribution is 0.301. The third-order valence-corrected chi connectivity index (χ3v) is 4.89. The van der Waals surface area contributed by atoms with Gasteiger partial charge in [0.1, 0.15) is 11.6 Å². The Morgan fingerprint density at radius 1 is 1.16 bits per heavy atom. The lowest BCUT2D eigenvalue weighted by Gasteiger charge is -2.17. The van der Waals surface area contributed by atoms with Gasteiger partial charge in [-0.3, -0.25) is 0 Å². The summed E-state index contributed by atoms with van der Waals surface area (Å²) in [6, 6.07) is 12.9. The van der Waals surface area contributed by atoms with Gasteiger partial charge in [0.15, 0.2) is 0 Å². The van der Waals surface area contributed by atoms with E-state index in [1.807, 2.05) is 0 Å². The van der Waals surface area contributed by atoms with Crippen LogP contribution in [0, 0.1) is 12.7 Å². The predicted octanol–water partition coefficient (Wildman–Crippen LogP) is 4.20. The first kappa shape index (κ1) is 16.2. The van der Waals surface area contributed by atoms with Crippen molar-refractivity contribution in [2.75, 3.05) is 13.2 Å². The van der Waals surface area contributed by atoms with E-state index in [4.69, 9.17) is 4.74 Å². The van der Waals surface area contributed by atoms with Crippen LogP contribution in [0.3, 0.4) is 0 Å². The average molecular weight is 338 g/mol. The highest BCUT2D eigenvalue weighted by atomic mass is 19.1. The van der Waals surface area contributed by atoms with Crippen molar-refractivity contribution in [1.29, 1.82) is 0 Å². The smallest absolute Gasteiger partial charge is 0.123 e. The Hall–Kier alpha value is -2.33. The predicted molar refractivity (Wildman–Crippen MR) is 98.6 cm³/mol. The van der Waals surface area contributed by atoms with E-state index in [-0.39, 0.29) is 5.82 Å². The minimum atomic E-state index is -0.235. The first-order valence-electron chi connectivity index (χ1n) is 8.92. The molecule has 1 aromatic heterocycles. The van der Waals surface area contributed by atoms with Crippen molar-refractivity contribution in [3.63, 3.8) is 0 Å². The molecular formula is C21H23FN2O. The molecule has 0 radical (unpaired) electrons. The Balaban J connectivity index is 1.50. The van der Waals surface area contributed by atoms with Gasteiger partial charge in [-0.1, -0.05) is 11.6 Å². The zero-order valence-electron chi connectivity index (χ0n) is 14.5. The maximum Gasteiger partial charge on any atom is 0.123 e. The van der Waals surface area contributed by atoms with Crippen LogP contribution < -0.4 is 10.1 Å². The number of nitrogens with one attached hydrogen (secondary N) is 1. The largest absolute Gasteiger partial charge is 0.494 e. The van der Waals surface area contributed by atoms with Crippen LogP contribution in [0.15, 0.2) is 42.5 Å². The molecule has 0 atom stereocenters. The highest BCUT2D eigenvalue weighted by Gasteiger charge is 2.19. The van der Waals surface area contributed by atoms with Crippen LogP contribution >= 0.6 is 0 Å². The number of nitrogens with zero attached hydrogens (tertiary/aromatic N) is 1. The summed E-state index contributed by atoms with van der Waals surface area (Å²) in [5, 5.41) is 4.87. The van der Waals surface area contributed by atoms with Gasteiger partial charge < -0.3 is 14.6 Å². The molecule has 2 aromatic carbocycles. The van der Waals surface area contributed by atoms with Gasteiger partial charge in [-0.2, -0.15) is 0 Å². The van der Waals surface area contributed by atoms with Crippen molar-refractivity contribution in [3.8, 4) is 5.75 Å². The van der Waals surface area contributed by atoms with Crippen LogP contribution in [-0.2, 0) is 19.5 Å². The van der Waals surface area contributed by atoms with Gasteiger partial charge in [0.25, 0.3) is 0 Å². The van der Waals surface area contributed by atoms with E-state index in [2.05, 4.69) is 35.0 Å². The summed E-state index contributed by atoms with van der Waals surface area (Å²) in [5.74, 6) is 0.488. The van der Waals surface area contributed by atoms with Gasteiger partial charge >= 0.3 is 0 Å². The number of hydrogen-bond acceptors (Lipinski definition) is 2. The summed E-state index contributed by atoms with van der Waals surface area (Å²) in [6.45, 7) is 5.71. The van der Waals surface area contributed by atoms with Crippen LogP contribution in [0.4, 0.5) is 4.39 Å². The molecule has 1 N–H and O–H groups in total. The fourth-order valence-corrected chi connectivity index (χ4v) is 3.69. The third kappa shape index (κ3) is 3.27. The van der Waals surface area contributed by atoms with Crippen molar-refractivity contribution >= 4 is 10.9 Å². The number of rotatable bonds is 5. The molecule has 0 bridgehead atoms. The minimum Gasteiger partial charge on any atom is -0.494 e. The molecular weight excluding hydrogens is 315 g/mol. The molecule has 0 fully saturated rings. The fourth-order valence-electron chi connectivity index (χ4n) is 3.69. The number of aromatic nitrogens is 1. The van der Waals surface area contributed by atoms with Gasteiger partial charge in [-0.25, -0.2) is 4.39 Å². The number of ether oxygens (including phenoxy) is 1. The standard InChI is InChI=1S/C21H23FN2O/c1-15-3-8-20-18(13-15)19-14-23-10-9-21(19)24(20)11-2-12-25-17-6-4-16(22)5-7-17/h3-8,13,23H,2,9-12,14H2,1H3. The Bertz CT molecular complexity index is 883. The summed E-state index contributed by atoms with van der Waals surface area (Å²) < 4.78 is 21.1. The van der Waals surface area contributed by atoms with Gasteiger partial charge in [-0.15, -0.1) is 0 Å². The molecule has 25 heavy (non-hydrogen) atoms. The molecule has 0 saturated carbocycles. The summed E-state index contributed by atoms with van der Waals surface area (Å²) in [4.78, 5) is 0. The van der Waals surface area contributed by atoms with Gasteiger partial charge in [0.05, 0.1) is 6.61 Å². The minimum absolute atomic E-state index is 0.235. The number of aryl methyl sites for hydroxylation is 2. The summed E-state index contributed by atoms with van der Waals surface area (Å²) in [6.07, 6.45) is 2.00. The zero-order valence-corrected chi connectivity index (χ0v) is 14.5.